The third kappa shape index (κ3) is 4.53. The summed E-state index contributed by atoms with van der Waals surface area (Å²) in [5, 5.41) is 8.84. The molecule has 0 spiro atoms. The zero-order chi connectivity index (χ0) is 15.5. The maximum atomic E-state index is 11.0. The minimum Gasteiger partial charge on any atom is -0.810 e. The van der Waals surface area contributed by atoms with Gasteiger partial charge in [0.1, 0.15) is 0 Å². The average molecular weight is 304 g/mol. The molecule has 0 radical (unpaired) electrons. The quantitative estimate of drug-likeness (QED) is 0.841. The van der Waals surface area contributed by atoms with Gasteiger partial charge in [0.2, 0.25) is 0 Å². The minimum absolute atomic E-state index is 0.160. The molecule has 0 aliphatic rings. The van der Waals surface area contributed by atoms with Crippen LogP contribution in [0.2, 0.25) is 0 Å². The van der Waals surface area contributed by atoms with Crippen molar-refractivity contribution in [3.05, 3.63) is 59.7 Å². The van der Waals surface area contributed by atoms with Crippen molar-refractivity contribution in [1.29, 1.82) is 0 Å². The van der Waals surface area contributed by atoms with Crippen LogP contribution < -0.4 is 9.79 Å². The lowest BCUT2D eigenvalue weighted by atomic mass is 9.97. The second kappa shape index (κ2) is 6.22. The van der Waals surface area contributed by atoms with Gasteiger partial charge in [0.15, 0.2) is 0 Å². The summed E-state index contributed by atoms with van der Waals surface area (Å²) in [6.07, 6.45) is -0.753. The highest BCUT2D eigenvalue weighted by atomic mass is 31.2. The van der Waals surface area contributed by atoms with Crippen LogP contribution in [0.1, 0.15) is 11.1 Å². The number of carboxylic acids is 1. The number of hydrogen-bond acceptors (Lipinski definition) is 4. The standard InChI is InChI=1S/C15H15O5P/c16-15(17)9-11-6-7-13(10-21(18,19)20)14(8-11)12-4-2-1-3-5-12/h1-8H,9-10H2,(H,16,17)(H2,18,19,20)/p-2. The Kier molecular flexibility index (Phi) is 4.58. The predicted octanol–water partition coefficient (Wildman–Crippen LogP) is 1.39. The van der Waals surface area contributed by atoms with Gasteiger partial charge in [0, 0.05) is 6.16 Å². The fourth-order valence-corrected chi connectivity index (χ4v) is 2.83. The molecule has 0 saturated carbocycles. The van der Waals surface area contributed by atoms with Crippen LogP contribution in [0.25, 0.3) is 11.1 Å². The van der Waals surface area contributed by atoms with Crippen LogP contribution in [0.4, 0.5) is 0 Å². The Hall–Kier alpha value is -1.94. The molecule has 0 atom stereocenters. The van der Waals surface area contributed by atoms with Crippen LogP contribution in [0, 0.1) is 0 Å². The van der Waals surface area contributed by atoms with Gasteiger partial charge in [0.25, 0.3) is 0 Å². The van der Waals surface area contributed by atoms with Gasteiger partial charge in [-0.3, -0.25) is 4.79 Å². The summed E-state index contributed by atoms with van der Waals surface area (Å²) in [6, 6.07) is 13.6. The Balaban J connectivity index is 2.50. The molecule has 0 fully saturated rings. The molecule has 0 aromatic heterocycles. The monoisotopic (exact) mass is 304 g/mol. The van der Waals surface area contributed by atoms with Crippen molar-refractivity contribution in [2.24, 2.45) is 0 Å². The summed E-state index contributed by atoms with van der Waals surface area (Å²) in [5.41, 5.74) is 2.25. The number of aliphatic carboxylic acids is 1. The molecule has 6 heteroatoms. The van der Waals surface area contributed by atoms with E-state index in [1.807, 2.05) is 6.07 Å². The molecular formula is C15H13O5P-2. The largest absolute Gasteiger partial charge is 0.810 e. The van der Waals surface area contributed by atoms with E-state index in [0.29, 0.717) is 16.7 Å². The molecule has 0 aliphatic heterocycles. The van der Waals surface area contributed by atoms with E-state index < -0.39 is 19.7 Å². The molecule has 0 unspecified atom stereocenters. The first-order chi connectivity index (χ1) is 9.85. The van der Waals surface area contributed by atoms with Gasteiger partial charge in [-0.05, 0) is 22.3 Å². The van der Waals surface area contributed by atoms with E-state index in [0.717, 1.165) is 5.56 Å². The van der Waals surface area contributed by atoms with Crippen LogP contribution in [-0.2, 0) is 21.9 Å². The molecule has 2 aromatic carbocycles. The van der Waals surface area contributed by atoms with Gasteiger partial charge >= 0.3 is 5.97 Å². The number of rotatable bonds is 5. The molecule has 0 bridgehead atoms. The van der Waals surface area contributed by atoms with Gasteiger partial charge in [-0.25, -0.2) is 0 Å². The highest BCUT2D eigenvalue weighted by molar-refractivity contribution is 7.47. The van der Waals surface area contributed by atoms with Gasteiger partial charge in [-0.15, -0.1) is 0 Å². The summed E-state index contributed by atoms with van der Waals surface area (Å²) >= 11 is 0. The fraction of sp³-hybridized carbons (Fsp3) is 0.133. The molecule has 0 amide bonds. The topological polar surface area (TPSA) is 100 Å². The van der Waals surface area contributed by atoms with E-state index in [1.165, 1.54) is 12.1 Å². The molecule has 2 aromatic rings. The Bertz CT molecular complexity index is 690. The number of carbonyl (C=O) groups is 1. The zero-order valence-electron chi connectivity index (χ0n) is 11.1. The van der Waals surface area contributed by atoms with Gasteiger partial charge in [-0.1, -0.05) is 56.1 Å². The predicted molar refractivity (Wildman–Crippen MR) is 74.5 cm³/mol. The summed E-state index contributed by atoms with van der Waals surface area (Å²) in [7, 11) is -4.69. The first kappa shape index (κ1) is 15.4. The lowest BCUT2D eigenvalue weighted by molar-refractivity contribution is -0.314. The van der Waals surface area contributed by atoms with Crippen LogP contribution >= 0.6 is 7.60 Å². The second-order valence-electron chi connectivity index (χ2n) is 4.70. The Labute approximate surface area is 122 Å². The molecule has 110 valence electrons. The zero-order valence-corrected chi connectivity index (χ0v) is 12.0. The Morgan fingerprint density at radius 3 is 2.33 bits per heavy atom. The third-order valence-electron chi connectivity index (χ3n) is 2.98. The van der Waals surface area contributed by atoms with Gasteiger partial charge < -0.3 is 19.5 Å². The van der Waals surface area contributed by atoms with Crippen LogP contribution in [-0.4, -0.2) is 11.1 Å². The van der Waals surface area contributed by atoms with Crippen molar-refractivity contribution in [3.8, 4) is 11.1 Å². The maximum Gasteiger partial charge on any atom is 0.307 e. The maximum absolute atomic E-state index is 11.0. The SMILES string of the molecule is O=C(O)Cc1ccc(CP(=O)([O-])[O-])c(-c2ccccc2)c1. The van der Waals surface area contributed by atoms with Crippen LogP contribution in [0.15, 0.2) is 48.5 Å². The molecule has 0 heterocycles. The highest BCUT2D eigenvalue weighted by Crippen LogP contribution is 2.35. The normalized spacial score (nSPS) is 11.3. The summed E-state index contributed by atoms with van der Waals surface area (Å²) in [4.78, 5) is 32.8. The van der Waals surface area contributed by atoms with E-state index in [2.05, 4.69) is 0 Å². The van der Waals surface area contributed by atoms with Crippen molar-refractivity contribution >= 4 is 13.6 Å². The number of carboxylic acid groups (broad SMARTS) is 1. The summed E-state index contributed by atoms with van der Waals surface area (Å²) in [5.74, 6) is -0.972. The van der Waals surface area contributed by atoms with E-state index in [1.54, 1.807) is 30.3 Å². The van der Waals surface area contributed by atoms with Crippen LogP contribution in [0.5, 0.6) is 0 Å². The molecule has 1 N–H and O–H groups in total. The van der Waals surface area contributed by atoms with E-state index in [9.17, 15) is 19.1 Å². The third-order valence-corrected chi connectivity index (χ3v) is 3.71. The fourth-order valence-electron chi connectivity index (χ4n) is 2.14. The Morgan fingerprint density at radius 1 is 1.10 bits per heavy atom. The molecule has 2 rings (SSSR count). The molecule has 0 saturated heterocycles. The van der Waals surface area contributed by atoms with Crippen molar-refractivity contribution in [2.75, 3.05) is 0 Å². The van der Waals surface area contributed by atoms with Crippen molar-refractivity contribution in [3.63, 3.8) is 0 Å². The second-order valence-corrected chi connectivity index (χ2v) is 6.24. The van der Waals surface area contributed by atoms with Crippen molar-refractivity contribution in [1.82, 2.24) is 0 Å². The average Bonchev–Trinajstić information content (AvgIpc) is 2.39. The van der Waals surface area contributed by atoms with Crippen LogP contribution in [0.3, 0.4) is 0 Å². The van der Waals surface area contributed by atoms with E-state index in [4.69, 9.17) is 5.11 Å². The Morgan fingerprint density at radius 2 is 1.76 bits per heavy atom. The molecule has 5 nitrogen and oxygen atoms in total. The first-order valence-corrected chi connectivity index (χ1v) is 7.98. The molecular weight excluding hydrogens is 291 g/mol. The lowest BCUT2D eigenvalue weighted by Gasteiger charge is -2.30. The van der Waals surface area contributed by atoms with Gasteiger partial charge in [-0.2, -0.15) is 0 Å². The number of benzene rings is 2. The van der Waals surface area contributed by atoms with Gasteiger partial charge in [0.05, 0.1) is 6.42 Å². The van der Waals surface area contributed by atoms with Crippen molar-refractivity contribution in [2.45, 2.75) is 12.6 Å². The summed E-state index contributed by atoms with van der Waals surface area (Å²) in [6.45, 7) is 0. The van der Waals surface area contributed by atoms with Crippen molar-refractivity contribution < 1.29 is 24.3 Å². The first-order valence-electron chi connectivity index (χ1n) is 6.25. The van der Waals surface area contributed by atoms with E-state index in [-0.39, 0.29) is 6.42 Å². The smallest absolute Gasteiger partial charge is 0.307 e. The highest BCUT2D eigenvalue weighted by Gasteiger charge is 2.09. The summed E-state index contributed by atoms with van der Waals surface area (Å²) < 4.78 is 11.0. The van der Waals surface area contributed by atoms with E-state index >= 15 is 0 Å². The molecule has 0 aliphatic carbocycles. The number of hydrogen-bond donors (Lipinski definition) is 1. The minimum atomic E-state index is -4.69. The molecule has 21 heavy (non-hydrogen) atoms. The lowest BCUT2D eigenvalue weighted by Crippen LogP contribution is -2.16.